The molecule has 5 rings (SSSR count). The van der Waals surface area contributed by atoms with Crippen LogP contribution in [0.2, 0.25) is 0 Å². The molecule has 2 bridgehead atoms. The zero-order valence-corrected chi connectivity index (χ0v) is 22.4. The van der Waals surface area contributed by atoms with E-state index in [1.807, 2.05) is 62.4 Å². The smallest absolute Gasteiger partial charge is 0.248 e. The Morgan fingerprint density at radius 2 is 1.89 bits per heavy atom. The topological polar surface area (TPSA) is 98.7 Å². The molecule has 0 radical (unpaired) electrons. The van der Waals surface area contributed by atoms with Gasteiger partial charge in [-0.15, -0.1) is 11.8 Å². The number of aliphatic hydroxyl groups is 1. The van der Waals surface area contributed by atoms with Gasteiger partial charge in [-0.05, 0) is 55.4 Å². The number of fused-ring (bicyclic) bond motifs is 1. The Morgan fingerprint density at radius 3 is 2.62 bits per heavy atom. The van der Waals surface area contributed by atoms with E-state index in [0.717, 1.165) is 28.8 Å². The van der Waals surface area contributed by atoms with E-state index in [1.54, 1.807) is 16.7 Å². The van der Waals surface area contributed by atoms with Crippen LogP contribution in [0.3, 0.4) is 0 Å². The number of benzene rings is 2. The number of amides is 3. The number of rotatable bonds is 8. The molecule has 8 heteroatoms. The molecule has 37 heavy (non-hydrogen) atoms. The third-order valence-electron chi connectivity index (χ3n) is 8.31. The van der Waals surface area contributed by atoms with E-state index < -0.39 is 22.6 Å². The van der Waals surface area contributed by atoms with Crippen LogP contribution in [0.5, 0.6) is 0 Å². The third-order valence-corrected chi connectivity index (χ3v) is 10.4. The highest BCUT2D eigenvalue weighted by molar-refractivity contribution is 8.02. The number of aliphatic hydroxyl groups excluding tert-OH is 1. The molecule has 7 nitrogen and oxygen atoms in total. The highest BCUT2D eigenvalue weighted by Gasteiger charge is 2.75. The van der Waals surface area contributed by atoms with Gasteiger partial charge in [-0.3, -0.25) is 14.4 Å². The summed E-state index contributed by atoms with van der Waals surface area (Å²) in [6.45, 7) is 6.66. The maximum atomic E-state index is 14.0. The second kappa shape index (κ2) is 10.1. The Bertz CT molecular complexity index is 1200. The number of carbonyl (C=O) groups excluding carboxylic acids is 3. The fourth-order valence-corrected chi connectivity index (χ4v) is 9.00. The number of nitrogens with one attached hydrogen (secondary N) is 2. The lowest BCUT2D eigenvalue weighted by Crippen LogP contribution is -2.55. The second-order valence-corrected chi connectivity index (χ2v) is 12.2. The van der Waals surface area contributed by atoms with Crippen molar-refractivity contribution >= 4 is 35.2 Å². The third kappa shape index (κ3) is 4.34. The van der Waals surface area contributed by atoms with Gasteiger partial charge in [-0.25, -0.2) is 0 Å². The molecular weight excluding hydrogens is 486 g/mol. The van der Waals surface area contributed by atoms with Gasteiger partial charge in [0.05, 0.1) is 16.6 Å². The first-order chi connectivity index (χ1) is 17.8. The van der Waals surface area contributed by atoms with Gasteiger partial charge in [0, 0.05) is 30.6 Å². The van der Waals surface area contributed by atoms with Crippen molar-refractivity contribution in [1.29, 1.82) is 0 Å². The molecule has 0 aliphatic carbocycles. The van der Waals surface area contributed by atoms with Crippen molar-refractivity contribution in [3.05, 3.63) is 65.2 Å². The van der Waals surface area contributed by atoms with Crippen molar-refractivity contribution in [2.24, 2.45) is 17.8 Å². The standard InChI is InChI=1S/C29H35N3O4S/c1-17-10-11-18(2)21(14-17)31-27(35)25-29-19(3)15-22(37-29)23(24(29)28(36)32(25)12-7-13-33)26(34)30-16-20-8-5-4-6-9-20/h4-6,8-11,14,19,22-25,33H,7,12-13,15-16H2,1-3H3,(H,30,34)(H,31,35)/t19?,22-,23+,24+,25?,29?/m1/s1. The lowest BCUT2D eigenvalue weighted by molar-refractivity contribution is -0.139. The molecule has 3 amide bonds. The van der Waals surface area contributed by atoms with Gasteiger partial charge in [0.1, 0.15) is 6.04 Å². The molecule has 0 aromatic heterocycles. The zero-order chi connectivity index (χ0) is 26.3. The summed E-state index contributed by atoms with van der Waals surface area (Å²) < 4.78 is -0.673. The zero-order valence-electron chi connectivity index (χ0n) is 21.6. The Morgan fingerprint density at radius 1 is 1.14 bits per heavy atom. The molecule has 3 heterocycles. The van der Waals surface area contributed by atoms with Crippen LogP contribution >= 0.6 is 11.8 Å². The van der Waals surface area contributed by atoms with E-state index in [2.05, 4.69) is 17.6 Å². The number of hydrogen-bond donors (Lipinski definition) is 3. The maximum absolute atomic E-state index is 14.0. The fourth-order valence-electron chi connectivity index (χ4n) is 6.58. The average molecular weight is 522 g/mol. The summed E-state index contributed by atoms with van der Waals surface area (Å²) >= 11 is 1.66. The van der Waals surface area contributed by atoms with Gasteiger partial charge in [0.2, 0.25) is 17.7 Å². The molecule has 3 fully saturated rings. The molecule has 3 aliphatic heterocycles. The van der Waals surface area contributed by atoms with Gasteiger partial charge in [-0.1, -0.05) is 49.4 Å². The lowest BCUT2D eigenvalue weighted by atomic mass is 9.66. The summed E-state index contributed by atoms with van der Waals surface area (Å²) in [5, 5.41) is 15.7. The summed E-state index contributed by atoms with van der Waals surface area (Å²) in [6.07, 6.45) is 1.17. The minimum absolute atomic E-state index is 0.00396. The summed E-state index contributed by atoms with van der Waals surface area (Å²) in [7, 11) is 0. The molecule has 196 valence electrons. The number of anilines is 1. The lowest BCUT2D eigenvalue weighted by Gasteiger charge is -2.38. The molecule has 3 unspecified atom stereocenters. The molecule has 6 atom stereocenters. The van der Waals surface area contributed by atoms with Gasteiger partial charge in [0.25, 0.3) is 0 Å². The fraction of sp³-hybridized carbons (Fsp3) is 0.483. The number of nitrogens with zero attached hydrogens (tertiary/aromatic N) is 1. The molecule has 0 saturated carbocycles. The number of aryl methyl sites for hydroxylation is 2. The molecular formula is C29H35N3O4S. The van der Waals surface area contributed by atoms with E-state index in [4.69, 9.17) is 0 Å². The molecule has 2 aromatic rings. The van der Waals surface area contributed by atoms with Crippen molar-refractivity contribution in [2.75, 3.05) is 18.5 Å². The summed E-state index contributed by atoms with van der Waals surface area (Å²) in [6, 6.07) is 14.9. The highest BCUT2D eigenvalue weighted by Crippen LogP contribution is 2.68. The number of hydrogen-bond acceptors (Lipinski definition) is 5. The first kappa shape index (κ1) is 25.8. The van der Waals surface area contributed by atoms with Gasteiger partial charge < -0.3 is 20.6 Å². The van der Waals surface area contributed by atoms with Crippen LogP contribution in [0.15, 0.2) is 48.5 Å². The van der Waals surface area contributed by atoms with Crippen molar-refractivity contribution in [1.82, 2.24) is 10.2 Å². The average Bonchev–Trinajstić information content (AvgIpc) is 3.47. The Hall–Kier alpha value is -2.84. The maximum Gasteiger partial charge on any atom is 0.248 e. The normalized spacial score (nSPS) is 29.9. The van der Waals surface area contributed by atoms with Crippen molar-refractivity contribution in [2.45, 2.75) is 56.2 Å². The van der Waals surface area contributed by atoms with Crippen LogP contribution in [0, 0.1) is 31.6 Å². The van der Waals surface area contributed by atoms with Crippen LogP contribution in [-0.2, 0) is 20.9 Å². The van der Waals surface area contributed by atoms with Crippen LogP contribution in [0.1, 0.15) is 36.5 Å². The van der Waals surface area contributed by atoms with E-state index in [0.29, 0.717) is 13.0 Å². The first-order valence-corrected chi connectivity index (χ1v) is 13.9. The van der Waals surface area contributed by atoms with Crippen molar-refractivity contribution in [3.8, 4) is 0 Å². The molecule has 3 N–H and O–H groups in total. The molecule has 1 spiro atoms. The number of likely N-dealkylation sites (tertiary alicyclic amines) is 1. The largest absolute Gasteiger partial charge is 0.396 e. The minimum Gasteiger partial charge on any atom is -0.396 e. The quantitative estimate of drug-likeness (QED) is 0.495. The summed E-state index contributed by atoms with van der Waals surface area (Å²) in [5.41, 5.74) is 3.73. The monoisotopic (exact) mass is 521 g/mol. The Balaban J connectivity index is 1.46. The second-order valence-electron chi connectivity index (χ2n) is 10.7. The van der Waals surface area contributed by atoms with Crippen molar-refractivity contribution < 1.29 is 19.5 Å². The van der Waals surface area contributed by atoms with E-state index in [9.17, 15) is 19.5 Å². The SMILES string of the molecule is Cc1ccc(C)c(NC(=O)C2N(CCCO)C(=O)[C@@H]3[C@@H](C(=O)NCc4ccccc4)[C@H]4CC(C)C23S4)c1. The van der Waals surface area contributed by atoms with Crippen LogP contribution in [0.25, 0.3) is 0 Å². The molecule has 3 aliphatic rings. The summed E-state index contributed by atoms with van der Waals surface area (Å²) in [5.74, 6) is -1.42. The first-order valence-electron chi connectivity index (χ1n) is 13.1. The number of thioether (sulfide) groups is 1. The molecule has 2 aromatic carbocycles. The Labute approximate surface area is 222 Å². The van der Waals surface area contributed by atoms with E-state index in [1.165, 1.54) is 0 Å². The predicted octanol–water partition coefficient (Wildman–Crippen LogP) is 3.28. The summed E-state index contributed by atoms with van der Waals surface area (Å²) in [4.78, 5) is 43.1. The van der Waals surface area contributed by atoms with E-state index >= 15 is 0 Å². The van der Waals surface area contributed by atoms with Gasteiger partial charge in [0.15, 0.2) is 0 Å². The van der Waals surface area contributed by atoms with Crippen LogP contribution in [-0.4, -0.2) is 56.9 Å². The van der Waals surface area contributed by atoms with Crippen molar-refractivity contribution in [3.63, 3.8) is 0 Å². The molecule has 3 saturated heterocycles. The van der Waals surface area contributed by atoms with Gasteiger partial charge in [-0.2, -0.15) is 0 Å². The van der Waals surface area contributed by atoms with Crippen LogP contribution < -0.4 is 10.6 Å². The van der Waals surface area contributed by atoms with Crippen LogP contribution in [0.4, 0.5) is 5.69 Å². The minimum atomic E-state index is -0.701. The van der Waals surface area contributed by atoms with Gasteiger partial charge >= 0.3 is 0 Å². The highest BCUT2D eigenvalue weighted by atomic mass is 32.2. The predicted molar refractivity (Wildman–Crippen MR) is 145 cm³/mol. The van der Waals surface area contributed by atoms with E-state index in [-0.39, 0.29) is 42.0 Å². The Kier molecular flexibility index (Phi) is 7.07. The number of carbonyl (C=O) groups is 3.